The number of carbonyl (C=O) groups is 1. The summed E-state index contributed by atoms with van der Waals surface area (Å²) in [5, 5.41) is 0. The van der Waals surface area contributed by atoms with Gasteiger partial charge in [0.05, 0.1) is 33.9 Å². The van der Waals surface area contributed by atoms with Gasteiger partial charge < -0.3 is 14.0 Å². The summed E-state index contributed by atoms with van der Waals surface area (Å²) in [7, 11) is 4.50. The number of esters is 1. The van der Waals surface area contributed by atoms with E-state index in [0.29, 0.717) is 26.1 Å². The van der Waals surface area contributed by atoms with Crippen LogP contribution < -0.4 is 4.74 Å². The van der Waals surface area contributed by atoms with E-state index >= 15 is 0 Å². The Morgan fingerprint density at radius 2 is 1.27 bits per heavy atom. The third-order valence-corrected chi connectivity index (χ3v) is 7.66. The van der Waals surface area contributed by atoms with Crippen molar-refractivity contribution < 1.29 is 18.8 Å². The number of unbranched alkanes of at least 4 members (excludes halogenated alkanes) is 11. The molecule has 0 heterocycles. The first-order valence-electron chi connectivity index (χ1n) is 16.2. The quantitative estimate of drug-likeness (QED) is 0.0739. The second-order valence-electron chi connectivity index (χ2n) is 12.1. The fourth-order valence-corrected chi connectivity index (χ4v) is 5.22. The summed E-state index contributed by atoms with van der Waals surface area (Å²) in [6, 6.07) is 19.1. The van der Waals surface area contributed by atoms with Gasteiger partial charge in [-0.1, -0.05) is 114 Å². The lowest BCUT2D eigenvalue weighted by Gasteiger charge is -2.30. The molecular formula is C36H58NO3+. The molecule has 0 aliphatic carbocycles. The van der Waals surface area contributed by atoms with Crippen LogP contribution in [0, 0.1) is 0 Å². The Morgan fingerprint density at radius 1 is 0.650 bits per heavy atom. The Morgan fingerprint density at radius 3 is 1.93 bits per heavy atom. The fourth-order valence-electron chi connectivity index (χ4n) is 5.22. The lowest BCUT2D eigenvalue weighted by atomic mass is 10.0. The van der Waals surface area contributed by atoms with Gasteiger partial charge in [-0.25, -0.2) is 0 Å². The highest BCUT2D eigenvalue weighted by molar-refractivity contribution is 5.69. The number of nitrogens with zero attached hydrogens (tertiary/aromatic N) is 1. The summed E-state index contributed by atoms with van der Waals surface area (Å²) >= 11 is 0. The van der Waals surface area contributed by atoms with Crippen LogP contribution in [0.2, 0.25) is 0 Å². The number of quaternary nitrogens is 1. The van der Waals surface area contributed by atoms with Crippen LogP contribution in [-0.2, 0) is 22.5 Å². The smallest absolute Gasteiger partial charge is 0.305 e. The molecule has 0 amide bonds. The Labute approximate surface area is 246 Å². The van der Waals surface area contributed by atoms with Crippen molar-refractivity contribution >= 4 is 5.97 Å². The zero-order chi connectivity index (χ0) is 28.7. The van der Waals surface area contributed by atoms with E-state index in [1.807, 2.05) is 0 Å². The summed E-state index contributed by atoms with van der Waals surface area (Å²) in [5.74, 6) is 0.797. The highest BCUT2D eigenvalue weighted by atomic mass is 16.5. The number of benzene rings is 2. The van der Waals surface area contributed by atoms with Crippen molar-refractivity contribution in [2.75, 3.05) is 33.9 Å². The molecule has 4 heteroatoms. The van der Waals surface area contributed by atoms with Crippen LogP contribution in [0.4, 0.5) is 0 Å². The molecule has 4 nitrogen and oxygen atoms in total. The number of rotatable bonds is 24. The van der Waals surface area contributed by atoms with Gasteiger partial charge in [-0.3, -0.25) is 4.79 Å². The Bertz CT molecular complexity index is 879. The van der Waals surface area contributed by atoms with Gasteiger partial charge in [0.25, 0.3) is 0 Å². The number of aryl methyl sites for hydroxylation is 1. The normalized spacial score (nSPS) is 11.5. The van der Waals surface area contributed by atoms with E-state index in [2.05, 4.69) is 75.6 Å². The zero-order valence-corrected chi connectivity index (χ0v) is 26.0. The Kier molecular flexibility index (Phi) is 18.1. The average molecular weight is 553 g/mol. The van der Waals surface area contributed by atoms with E-state index < -0.39 is 0 Å². The number of hydrogen-bond acceptors (Lipinski definition) is 3. The van der Waals surface area contributed by atoms with Crippen LogP contribution in [-0.4, -0.2) is 44.3 Å². The number of carbonyl (C=O) groups excluding carboxylic acids is 1. The number of hydrogen-bond donors (Lipinski definition) is 0. The van der Waals surface area contributed by atoms with Crippen molar-refractivity contribution in [1.29, 1.82) is 0 Å². The van der Waals surface area contributed by atoms with Gasteiger partial charge in [-0.05, 0) is 43.4 Å². The summed E-state index contributed by atoms with van der Waals surface area (Å²) < 4.78 is 12.2. The molecule has 0 radical (unpaired) electrons. The standard InChI is InChI=1S/C36H58NO3/c1-4-5-6-7-8-9-10-11-12-13-15-21-33-25-27-35(28-26-33)39-30-20-31-40-36(38)24-18-19-29-37(2,3)32-34-22-16-14-17-23-34/h14,16-17,22-23,25-28H,4-13,15,18-21,24,29-32H2,1-3H3/q+1. The minimum atomic E-state index is -0.0971. The van der Waals surface area contributed by atoms with Crippen molar-refractivity contribution in [2.24, 2.45) is 0 Å². The molecule has 0 N–H and O–H groups in total. The maximum atomic E-state index is 12.1. The molecule has 0 aliphatic rings. The molecule has 0 aromatic heterocycles. The van der Waals surface area contributed by atoms with Crippen LogP contribution in [0.25, 0.3) is 0 Å². The molecule has 2 rings (SSSR count). The first-order valence-corrected chi connectivity index (χ1v) is 16.2. The average Bonchev–Trinajstić information content (AvgIpc) is 2.95. The van der Waals surface area contributed by atoms with Gasteiger partial charge in [0.2, 0.25) is 0 Å². The third-order valence-electron chi connectivity index (χ3n) is 7.66. The van der Waals surface area contributed by atoms with Gasteiger partial charge in [0.15, 0.2) is 0 Å². The van der Waals surface area contributed by atoms with E-state index in [1.165, 1.54) is 81.8 Å². The highest BCUT2D eigenvalue weighted by Crippen LogP contribution is 2.16. The Balaban J connectivity index is 1.42. The largest absolute Gasteiger partial charge is 0.493 e. The minimum Gasteiger partial charge on any atom is -0.493 e. The van der Waals surface area contributed by atoms with E-state index in [-0.39, 0.29) is 5.97 Å². The van der Waals surface area contributed by atoms with Crippen molar-refractivity contribution in [3.8, 4) is 5.75 Å². The van der Waals surface area contributed by atoms with Crippen LogP contribution >= 0.6 is 0 Å². The molecule has 0 saturated carbocycles. The van der Waals surface area contributed by atoms with Gasteiger partial charge in [-0.15, -0.1) is 0 Å². The van der Waals surface area contributed by atoms with E-state index in [0.717, 1.165) is 42.6 Å². The molecule has 0 atom stereocenters. The van der Waals surface area contributed by atoms with Gasteiger partial charge in [-0.2, -0.15) is 0 Å². The first kappa shape index (κ1) is 33.9. The van der Waals surface area contributed by atoms with Crippen LogP contribution in [0.15, 0.2) is 54.6 Å². The first-order chi connectivity index (χ1) is 19.5. The molecule has 0 saturated heterocycles. The van der Waals surface area contributed by atoms with Crippen molar-refractivity contribution in [3.63, 3.8) is 0 Å². The lowest BCUT2D eigenvalue weighted by Crippen LogP contribution is -2.39. The second-order valence-corrected chi connectivity index (χ2v) is 12.1. The summed E-state index contributed by atoms with van der Waals surface area (Å²) in [5.41, 5.74) is 2.74. The fraction of sp³-hybridized carbons (Fsp3) is 0.639. The minimum absolute atomic E-state index is 0.0971. The second kappa shape index (κ2) is 21.4. The van der Waals surface area contributed by atoms with Crippen molar-refractivity contribution in [1.82, 2.24) is 0 Å². The molecule has 2 aromatic rings. The molecule has 40 heavy (non-hydrogen) atoms. The van der Waals surface area contributed by atoms with E-state index in [9.17, 15) is 4.79 Å². The number of ether oxygens (including phenoxy) is 2. The summed E-state index contributed by atoms with van der Waals surface area (Å²) in [6.45, 7) is 5.33. The van der Waals surface area contributed by atoms with Gasteiger partial charge in [0, 0.05) is 18.4 Å². The molecular weight excluding hydrogens is 494 g/mol. The molecule has 224 valence electrons. The predicted molar refractivity (Wildman–Crippen MR) is 169 cm³/mol. The topological polar surface area (TPSA) is 35.5 Å². The highest BCUT2D eigenvalue weighted by Gasteiger charge is 2.15. The molecule has 0 spiro atoms. The third kappa shape index (κ3) is 17.4. The van der Waals surface area contributed by atoms with Crippen LogP contribution in [0.1, 0.15) is 114 Å². The predicted octanol–water partition coefficient (Wildman–Crippen LogP) is 9.30. The zero-order valence-electron chi connectivity index (χ0n) is 26.0. The van der Waals surface area contributed by atoms with Crippen molar-refractivity contribution in [2.45, 2.75) is 116 Å². The lowest BCUT2D eigenvalue weighted by molar-refractivity contribution is -0.903. The maximum Gasteiger partial charge on any atom is 0.305 e. The Hall–Kier alpha value is -2.33. The van der Waals surface area contributed by atoms with E-state index in [1.54, 1.807) is 0 Å². The molecule has 0 unspecified atom stereocenters. The maximum absolute atomic E-state index is 12.1. The molecule has 2 aromatic carbocycles. The monoisotopic (exact) mass is 552 g/mol. The van der Waals surface area contributed by atoms with Crippen molar-refractivity contribution in [3.05, 3.63) is 65.7 Å². The van der Waals surface area contributed by atoms with Gasteiger partial charge in [0.1, 0.15) is 12.3 Å². The van der Waals surface area contributed by atoms with Crippen LogP contribution in [0.5, 0.6) is 5.75 Å². The van der Waals surface area contributed by atoms with Gasteiger partial charge >= 0.3 is 5.97 Å². The summed E-state index contributed by atoms with van der Waals surface area (Å²) in [6.07, 6.45) is 19.5. The molecule has 0 aliphatic heterocycles. The summed E-state index contributed by atoms with van der Waals surface area (Å²) in [4.78, 5) is 12.1. The van der Waals surface area contributed by atoms with Crippen LogP contribution in [0.3, 0.4) is 0 Å². The van der Waals surface area contributed by atoms with E-state index in [4.69, 9.17) is 9.47 Å². The SMILES string of the molecule is CCCCCCCCCCCCCc1ccc(OCCCOC(=O)CCCC[N+](C)(C)Cc2ccccc2)cc1. The molecule has 0 fully saturated rings. The molecule has 0 bridgehead atoms.